The number of esters is 4. The zero-order chi connectivity index (χ0) is 41.3. The summed E-state index contributed by atoms with van der Waals surface area (Å²) in [6.07, 6.45) is -14.4. The van der Waals surface area contributed by atoms with Crippen LogP contribution in [0.1, 0.15) is 94.0 Å². The fourth-order valence-corrected chi connectivity index (χ4v) is 7.41. The van der Waals surface area contributed by atoms with E-state index in [1.807, 2.05) is 18.2 Å². The number of alkyl halides is 3. The van der Waals surface area contributed by atoms with Crippen molar-refractivity contribution in [2.45, 2.75) is 106 Å². The van der Waals surface area contributed by atoms with Crippen LogP contribution in [0.4, 0.5) is 13.2 Å². The Morgan fingerprint density at radius 2 is 1.00 bits per heavy atom. The van der Waals surface area contributed by atoms with E-state index in [9.17, 15) is 45.3 Å². The first-order valence-corrected chi connectivity index (χ1v) is 19.1. The van der Waals surface area contributed by atoms with Crippen molar-refractivity contribution in [3.63, 3.8) is 0 Å². The van der Waals surface area contributed by atoms with Gasteiger partial charge >= 0.3 is 30.1 Å². The van der Waals surface area contributed by atoms with Crippen molar-refractivity contribution in [1.29, 1.82) is 0 Å². The van der Waals surface area contributed by atoms with Crippen LogP contribution in [-0.2, 0) is 33.9 Å². The largest absolute Gasteiger partial charge is 0.458 e. The van der Waals surface area contributed by atoms with Gasteiger partial charge in [0.15, 0.2) is 0 Å². The summed E-state index contributed by atoms with van der Waals surface area (Å²) in [7, 11) is -5.33. The summed E-state index contributed by atoms with van der Waals surface area (Å²) >= 11 is 0. The summed E-state index contributed by atoms with van der Waals surface area (Å²) < 4.78 is 96.9. The topological polar surface area (TPSA) is 160 Å². The third-order valence-electron chi connectivity index (χ3n) is 9.93. The molecule has 11 nitrogen and oxygen atoms in total. The summed E-state index contributed by atoms with van der Waals surface area (Å²) in [5.74, 6) is -8.48. The third kappa shape index (κ3) is 10.5. The number of ether oxygens (including phenoxy) is 4. The van der Waals surface area contributed by atoms with Crippen LogP contribution in [0, 0.1) is 68.2 Å². The standard InChI is InChI=1S/C40H45F3O11S/c1-19-10-22(4)25(7)29(13-19)36(44)51-28-16-32(52-37(45)30-14-20(2)11-23(5)26(30)8)35(39(47)54-34(40(41,42)43)18-55(48,49)50)33(17-28)53-38(46)31-15-21(3)12-24(6)27(31)9/h10-15,28,32-35H,16-18H2,1-9H3,(H,48,49,50). The molecule has 3 unspecified atom stereocenters. The molecule has 1 aliphatic rings. The van der Waals surface area contributed by atoms with E-state index in [1.165, 1.54) is 12.1 Å². The van der Waals surface area contributed by atoms with Gasteiger partial charge in [0.1, 0.15) is 30.0 Å². The number of halogens is 3. The van der Waals surface area contributed by atoms with Gasteiger partial charge in [0.25, 0.3) is 10.1 Å². The van der Waals surface area contributed by atoms with E-state index < -0.39 is 89.1 Å². The summed E-state index contributed by atoms with van der Waals surface area (Å²) in [6.45, 7) is 15.6. The van der Waals surface area contributed by atoms with Gasteiger partial charge in [0, 0.05) is 12.8 Å². The molecule has 3 aromatic rings. The average molecular weight is 791 g/mol. The first kappa shape index (κ1) is 43.0. The van der Waals surface area contributed by atoms with Gasteiger partial charge in [-0.25, -0.2) is 14.4 Å². The quantitative estimate of drug-likeness (QED) is 0.126. The van der Waals surface area contributed by atoms with Gasteiger partial charge in [-0.2, -0.15) is 21.6 Å². The van der Waals surface area contributed by atoms with Crippen LogP contribution in [0.3, 0.4) is 0 Å². The third-order valence-corrected chi connectivity index (χ3v) is 10.7. The van der Waals surface area contributed by atoms with Crippen molar-refractivity contribution in [2.75, 3.05) is 5.75 Å². The molecule has 3 aromatic carbocycles. The predicted octanol–water partition coefficient (Wildman–Crippen LogP) is 7.21. The molecule has 55 heavy (non-hydrogen) atoms. The highest BCUT2D eigenvalue weighted by molar-refractivity contribution is 7.85. The molecule has 0 aliphatic heterocycles. The Hall–Kier alpha value is -4.76. The molecule has 0 amide bonds. The van der Waals surface area contributed by atoms with E-state index in [0.29, 0.717) is 27.8 Å². The molecule has 1 N–H and O–H groups in total. The van der Waals surface area contributed by atoms with Crippen LogP contribution in [-0.4, -0.2) is 73.2 Å². The van der Waals surface area contributed by atoms with Gasteiger partial charge in [-0.1, -0.05) is 18.2 Å². The Bertz CT molecular complexity index is 2040. The second kappa shape index (κ2) is 16.5. The number of aryl methyl sites for hydroxylation is 6. The van der Waals surface area contributed by atoms with Crippen LogP contribution >= 0.6 is 0 Å². The molecule has 0 bridgehead atoms. The lowest BCUT2D eigenvalue weighted by Gasteiger charge is -2.39. The molecular weight excluding hydrogens is 745 g/mol. The van der Waals surface area contributed by atoms with E-state index in [2.05, 4.69) is 0 Å². The molecule has 0 spiro atoms. The first-order valence-electron chi connectivity index (χ1n) is 17.4. The lowest BCUT2D eigenvalue weighted by molar-refractivity contribution is -0.223. The Morgan fingerprint density at radius 3 is 1.33 bits per heavy atom. The van der Waals surface area contributed by atoms with E-state index in [1.54, 1.807) is 68.4 Å². The van der Waals surface area contributed by atoms with Crippen molar-refractivity contribution in [3.8, 4) is 0 Å². The molecule has 0 radical (unpaired) electrons. The smallest absolute Gasteiger partial charge is 0.426 e. The summed E-state index contributed by atoms with van der Waals surface area (Å²) in [6, 6.07) is 10.2. The maximum Gasteiger partial charge on any atom is 0.426 e. The predicted molar refractivity (Wildman–Crippen MR) is 195 cm³/mol. The van der Waals surface area contributed by atoms with Crippen LogP contribution in [0.5, 0.6) is 0 Å². The fourth-order valence-electron chi connectivity index (χ4n) is 6.77. The van der Waals surface area contributed by atoms with E-state index >= 15 is 0 Å². The van der Waals surface area contributed by atoms with Gasteiger partial charge < -0.3 is 18.9 Å². The maximum absolute atomic E-state index is 14.1. The van der Waals surface area contributed by atoms with Gasteiger partial charge in [0.2, 0.25) is 6.10 Å². The summed E-state index contributed by atoms with van der Waals surface area (Å²) in [5.41, 5.74) is 6.37. The normalized spacial score (nSPS) is 19.3. The number of hydrogen-bond acceptors (Lipinski definition) is 10. The van der Waals surface area contributed by atoms with Gasteiger partial charge in [0.05, 0.1) is 16.7 Å². The highest BCUT2D eigenvalue weighted by atomic mass is 32.2. The molecule has 15 heteroatoms. The highest BCUT2D eigenvalue weighted by Gasteiger charge is 2.52. The minimum Gasteiger partial charge on any atom is -0.458 e. The Balaban J connectivity index is 1.84. The molecule has 0 heterocycles. The maximum atomic E-state index is 14.1. The van der Waals surface area contributed by atoms with E-state index in [-0.39, 0.29) is 16.7 Å². The molecule has 0 saturated heterocycles. The van der Waals surface area contributed by atoms with Gasteiger partial charge in [-0.05, 0) is 131 Å². The molecule has 3 atom stereocenters. The fraction of sp³-hybridized carbons (Fsp3) is 0.450. The Kier molecular flexibility index (Phi) is 12.9. The molecular formula is C40H45F3O11S. The van der Waals surface area contributed by atoms with Crippen LogP contribution in [0.25, 0.3) is 0 Å². The van der Waals surface area contributed by atoms with Crippen LogP contribution < -0.4 is 0 Å². The molecule has 1 aliphatic carbocycles. The van der Waals surface area contributed by atoms with Crippen LogP contribution in [0.15, 0.2) is 36.4 Å². The number of rotatable bonds is 10. The number of hydrogen-bond donors (Lipinski definition) is 1. The molecule has 298 valence electrons. The van der Waals surface area contributed by atoms with Gasteiger partial charge in [-0.3, -0.25) is 9.35 Å². The minimum absolute atomic E-state index is 0.0774. The average Bonchev–Trinajstić information content (AvgIpc) is 3.04. The first-order chi connectivity index (χ1) is 25.4. The zero-order valence-electron chi connectivity index (χ0n) is 32.0. The minimum atomic E-state index is -5.47. The second-order valence-corrected chi connectivity index (χ2v) is 15.9. The second-order valence-electron chi connectivity index (χ2n) is 14.4. The number of carbonyl (C=O) groups is 4. The Morgan fingerprint density at radius 1 is 0.655 bits per heavy atom. The van der Waals surface area contributed by atoms with Crippen molar-refractivity contribution in [3.05, 3.63) is 103 Å². The molecule has 0 aromatic heterocycles. The van der Waals surface area contributed by atoms with E-state index in [4.69, 9.17) is 18.9 Å². The number of carbonyl (C=O) groups excluding carboxylic acids is 4. The Labute approximate surface area is 318 Å². The molecule has 1 fully saturated rings. The number of benzene rings is 3. The molecule has 1 saturated carbocycles. The lowest BCUT2D eigenvalue weighted by Crippen LogP contribution is -2.53. The highest BCUT2D eigenvalue weighted by Crippen LogP contribution is 2.37. The molecule has 4 rings (SSSR count). The lowest BCUT2D eigenvalue weighted by atomic mass is 9.81. The summed E-state index contributed by atoms with van der Waals surface area (Å²) in [4.78, 5) is 55.2. The van der Waals surface area contributed by atoms with Gasteiger partial charge in [-0.15, -0.1) is 0 Å². The zero-order valence-corrected chi connectivity index (χ0v) is 32.9. The monoisotopic (exact) mass is 790 g/mol. The van der Waals surface area contributed by atoms with Crippen molar-refractivity contribution >= 4 is 34.0 Å². The SMILES string of the molecule is Cc1cc(C)c(C)c(C(=O)OC2CC(OC(=O)c3cc(C)cc(C)c3C)C(C(=O)OC(CS(=O)(=O)O)C(F)(F)F)C(OC(=O)c3cc(C)cc(C)c3C)C2)c1. The van der Waals surface area contributed by atoms with Crippen molar-refractivity contribution < 1.29 is 64.3 Å². The van der Waals surface area contributed by atoms with Crippen molar-refractivity contribution in [2.24, 2.45) is 5.92 Å². The van der Waals surface area contributed by atoms with Crippen LogP contribution in [0.2, 0.25) is 0 Å². The van der Waals surface area contributed by atoms with E-state index in [0.717, 1.165) is 22.3 Å². The van der Waals surface area contributed by atoms with Crippen molar-refractivity contribution in [1.82, 2.24) is 0 Å². The summed E-state index contributed by atoms with van der Waals surface area (Å²) in [5, 5.41) is 0.